The highest BCUT2D eigenvalue weighted by Gasteiger charge is 2.47. The molecule has 4 N–H and O–H groups in total. The second-order valence-corrected chi connectivity index (χ2v) is 9.77. The Bertz CT molecular complexity index is 1520. The van der Waals surface area contributed by atoms with Gasteiger partial charge >= 0.3 is 0 Å². The van der Waals surface area contributed by atoms with Crippen LogP contribution >= 0.6 is 0 Å². The Morgan fingerprint density at radius 2 is 1.88 bits per heavy atom. The number of fused-ring (bicyclic) bond motifs is 1. The molecular formula is C27H29F2N9O3. The van der Waals surface area contributed by atoms with Crippen LogP contribution < -0.4 is 15.8 Å². The van der Waals surface area contributed by atoms with Gasteiger partial charge in [0.25, 0.3) is 11.8 Å². The molecule has 1 aliphatic carbocycles. The van der Waals surface area contributed by atoms with E-state index in [0.29, 0.717) is 28.2 Å². The second kappa shape index (κ2) is 11.7. The number of nitrogens with one attached hydrogen (secondary N) is 2. The Morgan fingerprint density at radius 3 is 2.51 bits per heavy atom. The van der Waals surface area contributed by atoms with Crippen molar-refractivity contribution >= 4 is 29.1 Å². The van der Waals surface area contributed by atoms with Crippen LogP contribution in [0.3, 0.4) is 0 Å². The van der Waals surface area contributed by atoms with Gasteiger partial charge in [0.15, 0.2) is 5.65 Å². The molecule has 1 saturated heterocycles. The van der Waals surface area contributed by atoms with Crippen LogP contribution in [0.5, 0.6) is 5.88 Å². The number of carbonyl (C=O) groups is 2. The summed E-state index contributed by atoms with van der Waals surface area (Å²) in [4.78, 5) is 33.5. The average molecular weight is 566 g/mol. The zero-order chi connectivity index (χ0) is 29.0. The molecule has 1 saturated carbocycles. The van der Waals surface area contributed by atoms with E-state index in [2.05, 4.69) is 37.2 Å². The molecule has 4 heterocycles. The molecule has 41 heavy (non-hydrogen) atoms. The topological polar surface area (TPSA) is 156 Å². The molecule has 214 valence electrons. The highest BCUT2D eigenvalue weighted by atomic mass is 19.3. The fraction of sp³-hybridized carbons (Fsp3) is 0.333. The van der Waals surface area contributed by atoms with Gasteiger partial charge in [-0.1, -0.05) is 6.58 Å². The standard InChI is InChI=1S/C15H18N2O2.C12H11F2N7O/c1-2-14(18)16-13-8-6-12(7-9-13)15(19)17-10-4-3-5-11-17;13-12(14)1-7(2-12)22-10-9(6-3-17-18-4-6)16-5-8-19-11(15)20-21(8)10/h2,6-9H,1,3-5,10-11H2,(H,16,18);3-5,7H,1-2H2,(H2,15,20)(H,17,18). The summed E-state index contributed by atoms with van der Waals surface area (Å²) in [5.41, 5.74) is 8.38. The Balaban J connectivity index is 0.000000167. The fourth-order valence-electron chi connectivity index (χ4n) is 4.55. The summed E-state index contributed by atoms with van der Waals surface area (Å²) in [6, 6.07) is 6.96. The molecule has 0 bridgehead atoms. The van der Waals surface area contributed by atoms with Crippen molar-refractivity contribution in [3.8, 4) is 17.1 Å². The number of aromatic nitrogens is 6. The first-order valence-corrected chi connectivity index (χ1v) is 13.1. The van der Waals surface area contributed by atoms with Gasteiger partial charge in [-0.15, -0.1) is 5.10 Å². The number of ether oxygens (including phenoxy) is 1. The van der Waals surface area contributed by atoms with Crippen LogP contribution in [-0.2, 0) is 4.79 Å². The lowest BCUT2D eigenvalue weighted by Gasteiger charge is -2.34. The number of likely N-dealkylation sites (tertiary alicyclic amines) is 1. The molecule has 14 heteroatoms. The van der Waals surface area contributed by atoms with Gasteiger partial charge in [-0.25, -0.2) is 13.8 Å². The van der Waals surface area contributed by atoms with Gasteiger partial charge in [0.05, 0.1) is 12.4 Å². The number of nitrogens with two attached hydrogens (primary N) is 1. The van der Waals surface area contributed by atoms with Crippen molar-refractivity contribution < 1.29 is 23.1 Å². The third-order valence-corrected chi connectivity index (χ3v) is 6.68. The molecule has 0 spiro atoms. The van der Waals surface area contributed by atoms with Crippen LogP contribution in [0.2, 0.25) is 0 Å². The number of halogens is 2. The van der Waals surface area contributed by atoms with Crippen LogP contribution in [0.1, 0.15) is 42.5 Å². The van der Waals surface area contributed by atoms with E-state index in [9.17, 15) is 18.4 Å². The van der Waals surface area contributed by atoms with Gasteiger partial charge in [0.1, 0.15) is 11.8 Å². The average Bonchev–Trinajstić information content (AvgIpc) is 3.63. The molecule has 2 aliphatic rings. The van der Waals surface area contributed by atoms with Crippen molar-refractivity contribution in [3.05, 3.63) is 61.1 Å². The third kappa shape index (κ3) is 6.48. The van der Waals surface area contributed by atoms with Crippen molar-refractivity contribution in [1.82, 2.24) is 34.7 Å². The molecule has 0 radical (unpaired) electrons. The lowest BCUT2D eigenvalue weighted by Crippen LogP contribution is -2.43. The number of amides is 2. The Labute approximate surface area is 233 Å². The summed E-state index contributed by atoms with van der Waals surface area (Å²) in [6.07, 6.45) is 7.97. The molecule has 3 aromatic heterocycles. The minimum atomic E-state index is -2.68. The van der Waals surface area contributed by atoms with E-state index in [1.165, 1.54) is 23.2 Å². The normalized spacial score (nSPS) is 16.3. The maximum atomic E-state index is 13.0. The van der Waals surface area contributed by atoms with Gasteiger partial charge < -0.3 is 20.7 Å². The van der Waals surface area contributed by atoms with Gasteiger partial charge in [0.2, 0.25) is 17.7 Å². The van der Waals surface area contributed by atoms with E-state index in [4.69, 9.17) is 10.5 Å². The third-order valence-electron chi connectivity index (χ3n) is 6.68. The first-order valence-electron chi connectivity index (χ1n) is 13.1. The second-order valence-electron chi connectivity index (χ2n) is 9.77. The van der Waals surface area contributed by atoms with Gasteiger partial charge in [-0.05, 0) is 49.6 Å². The van der Waals surface area contributed by atoms with Gasteiger partial charge in [0, 0.05) is 48.9 Å². The highest BCUT2D eigenvalue weighted by molar-refractivity contribution is 5.99. The molecule has 1 aromatic carbocycles. The van der Waals surface area contributed by atoms with Crippen LogP contribution in [0.15, 0.2) is 55.5 Å². The number of hydrogen-bond donors (Lipinski definition) is 3. The summed E-state index contributed by atoms with van der Waals surface area (Å²) >= 11 is 0. The molecule has 4 aromatic rings. The van der Waals surface area contributed by atoms with E-state index in [1.54, 1.807) is 36.7 Å². The predicted octanol–water partition coefficient (Wildman–Crippen LogP) is 3.71. The lowest BCUT2D eigenvalue weighted by molar-refractivity contribution is -0.135. The van der Waals surface area contributed by atoms with Crippen molar-refractivity contribution in [2.24, 2.45) is 0 Å². The van der Waals surface area contributed by atoms with E-state index < -0.39 is 12.0 Å². The number of anilines is 2. The van der Waals surface area contributed by atoms with Crippen LogP contribution in [-0.4, -0.2) is 71.6 Å². The van der Waals surface area contributed by atoms with Crippen LogP contribution in [0.25, 0.3) is 16.9 Å². The first kappa shape index (κ1) is 27.7. The van der Waals surface area contributed by atoms with Crippen molar-refractivity contribution in [2.45, 2.75) is 44.1 Å². The molecular weight excluding hydrogens is 536 g/mol. The summed E-state index contributed by atoms with van der Waals surface area (Å²) in [5.74, 6) is -2.58. The molecule has 0 atom stereocenters. The molecule has 12 nitrogen and oxygen atoms in total. The number of hydrogen-bond acceptors (Lipinski definition) is 8. The number of carbonyl (C=O) groups excluding carboxylic acids is 2. The quantitative estimate of drug-likeness (QED) is 0.299. The lowest BCUT2D eigenvalue weighted by atomic mass is 9.91. The SMILES string of the molecule is C=CC(=O)Nc1ccc(C(=O)N2CCCCC2)cc1.Nc1nc2cnc(-c3cn[nH]c3)c(OC3CC(F)(F)C3)n2n1. The zero-order valence-electron chi connectivity index (χ0n) is 22.1. The van der Waals surface area contributed by atoms with Crippen molar-refractivity contribution in [2.75, 3.05) is 24.1 Å². The van der Waals surface area contributed by atoms with E-state index in [0.717, 1.165) is 25.9 Å². The number of benzene rings is 1. The largest absolute Gasteiger partial charge is 0.472 e. The molecule has 2 amide bonds. The monoisotopic (exact) mass is 565 g/mol. The minimum absolute atomic E-state index is 0.0509. The summed E-state index contributed by atoms with van der Waals surface area (Å²) in [6.45, 7) is 5.07. The van der Waals surface area contributed by atoms with Gasteiger partial charge in [-0.3, -0.25) is 14.7 Å². The number of nitrogens with zero attached hydrogens (tertiary/aromatic N) is 6. The van der Waals surface area contributed by atoms with E-state index in [-0.39, 0.29) is 36.5 Å². The molecule has 0 unspecified atom stereocenters. The fourth-order valence-corrected chi connectivity index (χ4v) is 4.55. The highest BCUT2D eigenvalue weighted by Crippen LogP contribution is 2.41. The number of piperidine rings is 1. The number of nitrogen functional groups attached to an aromatic ring is 1. The summed E-state index contributed by atoms with van der Waals surface area (Å²) in [7, 11) is 0. The number of aromatic amines is 1. The Kier molecular flexibility index (Phi) is 7.90. The maximum absolute atomic E-state index is 13.0. The number of rotatable bonds is 6. The predicted molar refractivity (Wildman–Crippen MR) is 146 cm³/mol. The summed E-state index contributed by atoms with van der Waals surface area (Å²) in [5, 5.41) is 13.2. The van der Waals surface area contributed by atoms with Crippen molar-refractivity contribution in [1.29, 1.82) is 0 Å². The van der Waals surface area contributed by atoms with E-state index in [1.807, 2.05) is 4.90 Å². The molecule has 6 rings (SSSR count). The van der Waals surface area contributed by atoms with Gasteiger partial charge in [-0.2, -0.15) is 14.6 Å². The molecule has 1 aliphatic heterocycles. The van der Waals surface area contributed by atoms with Crippen LogP contribution in [0.4, 0.5) is 20.4 Å². The first-order chi connectivity index (χ1) is 19.7. The zero-order valence-corrected chi connectivity index (χ0v) is 22.1. The van der Waals surface area contributed by atoms with E-state index >= 15 is 0 Å². The van der Waals surface area contributed by atoms with Crippen LogP contribution in [0, 0.1) is 0 Å². The molecule has 2 fully saturated rings. The Hall–Kier alpha value is -4.88. The maximum Gasteiger partial charge on any atom is 0.255 e. The summed E-state index contributed by atoms with van der Waals surface area (Å²) < 4.78 is 33.1. The Morgan fingerprint density at radius 1 is 1.15 bits per heavy atom. The van der Waals surface area contributed by atoms with Crippen molar-refractivity contribution in [3.63, 3.8) is 0 Å². The number of alkyl halides is 2. The smallest absolute Gasteiger partial charge is 0.255 e. The minimum Gasteiger partial charge on any atom is -0.472 e. The number of H-pyrrole nitrogens is 1.